The Labute approximate surface area is 216 Å². The molecule has 0 unspecified atom stereocenters. The highest BCUT2D eigenvalue weighted by atomic mass is 127. The lowest BCUT2D eigenvalue weighted by Gasteiger charge is -2.28. The van der Waals surface area contributed by atoms with Crippen LogP contribution in [-0.4, -0.2) is 48.9 Å². The lowest BCUT2D eigenvalue weighted by molar-refractivity contribution is 0.0688. The first-order valence-electron chi connectivity index (χ1n) is 10.7. The number of sulfonamides is 1. The van der Waals surface area contributed by atoms with Gasteiger partial charge in [-0.25, -0.2) is 18.4 Å². The minimum absolute atomic E-state index is 0.216. The van der Waals surface area contributed by atoms with E-state index < -0.39 is 16.3 Å². The standard InChI is InChI=1S/C22H21IN8O3S/c1-30(11-14-2-6-16(7-3-14)28-29-24)21-19-20(26-13-27-21)25-10-17-12-34-22(19)31(17)35(32,33)18-8-4-15(23)5-9-18/h2-9,13,17,22H,10-12H2,1H3,(H,25,26,27)/t17-,22-/m0/s1. The third-order valence-corrected chi connectivity index (χ3v) is 8.55. The molecule has 0 saturated carbocycles. The predicted molar refractivity (Wildman–Crippen MR) is 139 cm³/mol. The van der Waals surface area contributed by atoms with Crippen molar-refractivity contribution in [2.75, 3.05) is 30.4 Å². The Morgan fingerprint density at radius 2 is 1.97 bits per heavy atom. The lowest BCUT2D eigenvalue weighted by Crippen LogP contribution is -2.40. The molecule has 35 heavy (non-hydrogen) atoms. The highest BCUT2D eigenvalue weighted by Gasteiger charge is 2.48. The van der Waals surface area contributed by atoms with Crippen molar-refractivity contribution in [3.63, 3.8) is 0 Å². The Morgan fingerprint density at radius 3 is 2.69 bits per heavy atom. The summed E-state index contributed by atoms with van der Waals surface area (Å²) in [6.45, 7) is 1.12. The second-order valence-electron chi connectivity index (χ2n) is 8.18. The van der Waals surface area contributed by atoms with Gasteiger partial charge in [-0.15, -0.1) is 0 Å². The third-order valence-electron chi connectivity index (χ3n) is 5.92. The van der Waals surface area contributed by atoms with Crippen LogP contribution in [0.3, 0.4) is 0 Å². The number of aromatic nitrogens is 2. The van der Waals surface area contributed by atoms with Gasteiger partial charge in [0.15, 0.2) is 6.23 Å². The average molecular weight is 604 g/mol. The van der Waals surface area contributed by atoms with Crippen molar-refractivity contribution in [3.05, 3.63) is 80.0 Å². The molecule has 2 aromatic carbocycles. The molecular weight excluding hydrogens is 583 g/mol. The molecule has 180 valence electrons. The van der Waals surface area contributed by atoms with Gasteiger partial charge in [0.1, 0.15) is 18.0 Å². The molecule has 13 heteroatoms. The topological polar surface area (TPSA) is 136 Å². The average Bonchev–Trinajstić information content (AvgIpc) is 3.20. The molecule has 1 saturated heterocycles. The molecule has 0 spiro atoms. The van der Waals surface area contributed by atoms with Crippen molar-refractivity contribution < 1.29 is 13.2 Å². The molecular formula is C22H21IN8O3S. The second kappa shape index (κ2) is 9.59. The molecule has 3 heterocycles. The third kappa shape index (κ3) is 4.52. The zero-order valence-electron chi connectivity index (χ0n) is 18.6. The largest absolute Gasteiger partial charge is 0.368 e. The van der Waals surface area contributed by atoms with Crippen LogP contribution in [0.4, 0.5) is 17.3 Å². The number of ether oxygens (including phenoxy) is 1. The number of nitrogens with zero attached hydrogens (tertiary/aromatic N) is 7. The van der Waals surface area contributed by atoms with Crippen molar-refractivity contribution in [3.8, 4) is 0 Å². The van der Waals surface area contributed by atoms with Crippen molar-refractivity contribution in [2.45, 2.75) is 23.7 Å². The molecule has 0 radical (unpaired) electrons. The molecule has 1 N–H and O–H groups in total. The smallest absolute Gasteiger partial charge is 0.245 e. The van der Waals surface area contributed by atoms with Crippen LogP contribution in [0.2, 0.25) is 0 Å². The van der Waals surface area contributed by atoms with E-state index in [4.69, 9.17) is 10.3 Å². The molecule has 2 aliphatic rings. The van der Waals surface area contributed by atoms with Gasteiger partial charge in [0.05, 0.1) is 23.1 Å². The first kappa shape index (κ1) is 23.8. The Hall–Kier alpha value is -2.97. The number of halogens is 1. The summed E-state index contributed by atoms with van der Waals surface area (Å²) >= 11 is 2.15. The van der Waals surface area contributed by atoms with Crippen LogP contribution in [-0.2, 0) is 21.3 Å². The van der Waals surface area contributed by atoms with Crippen LogP contribution in [0.15, 0.2) is 64.9 Å². The first-order chi connectivity index (χ1) is 16.9. The van der Waals surface area contributed by atoms with Crippen molar-refractivity contribution >= 4 is 49.9 Å². The summed E-state index contributed by atoms with van der Waals surface area (Å²) in [5.74, 6) is 1.12. The zero-order valence-corrected chi connectivity index (χ0v) is 21.6. The van der Waals surface area contributed by atoms with Crippen LogP contribution in [0.5, 0.6) is 0 Å². The molecule has 1 fully saturated rings. The monoisotopic (exact) mass is 604 g/mol. The molecule has 0 amide bonds. The quantitative estimate of drug-likeness (QED) is 0.193. The van der Waals surface area contributed by atoms with Gasteiger partial charge < -0.3 is 15.0 Å². The van der Waals surface area contributed by atoms with Crippen LogP contribution in [0.1, 0.15) is 17.4 Å². The summed E-state index contributed by atoms with van der Waals surface area (Å²) in [4.78, 5) is 13.8. The fourth-order valence-electron chi connectivity index (χ4n) is 4.29. The summed E-state index contributed by atoms with van der Waals surface area (Å²) < 4.78 is 35.9. The summed E-state index contributed by atoms with van der Waals surface area (Å²) in [7, 11) is -1.97. The van der Waals surface area contributed by atoms with Crippen LogP contribution < -0.4 is 10.2 Å². The molecule has 2 aliphatic heterocycles. The van der Waals surface area contributed by atoms with E-state index in [2.05, 4.69) is 47.9 Å². The van der Waals surface area contributed by atoms with E-state index in [1.807, 2.05) is 24.1 Å². The molecule has 2 bridgehead atoms. The minimum atomic E-state index is -3.84. The van der Waals surface area contributed by atoms with E-state index in [1.165, 1.54) is 10.6 Å². The number of azide groups is 1. The van der Waals surface area contributed by atoms with Crippen LogP contribution in [0.25, 0.3) is 10.4 Å². The Balaban J connectivity index is 1.51. The highest BCUT2D eigenvalue weighted by molar-refractivity contribution is 14.1. The Bertz CT molecular complexity index is 1400. The molecule has 1 aromatic heterocycles. The SMILES string of the molecule is CN(Cc1ccc(N=[N+]=[N-])cc1)c1ncnc2c1[C@@H]1OC[C@H](CN2)N1S(=O)(=O)c1ccc(I)cc1. The zero-order chi connectivity index (χ0) is 24.6. The highest BCUT2D eigenvalue weighted by Crippen LogP contribution is 2.44. The van der Waals surface area contributed by atoms with Crippen LogP contribution in [0, 0.1) is 3.57 Å². The number of fused-ring (bicyclic) bond motifs is 4. The number of hydrogen-bond donors (Lipinski definition) is 1. The van der Waals surface area contributed by atoms with Gasteiger partial charge in [0.2, 0.25) is 10.0 Å². The maximum atomic E-state index is 13.7. The molecule has 0 aliphatic carbocycles. The van der Waals surface area contributed by atoms with E-state index in [1.54, 1.807) is 36.4 Å². The Morgan fingerprint density at radius 1 is 1.23 bits per heavy atom. The van der Waals surface area contributed by atoms with E-state index in [0.29, 0.717) is 36.0 Å². The van der Waals surface area contributed by atoms with Crippen molar-refractivity contribution in [1.29, 1.82) is 0 Å². The van der Waals surface area contributed by atoms with Crippen molar-refractivity contribution in [2.24, 2.45) is 5.11 Å². The minimum Gasteiger partial charge on any atom is -0.368 e. The van der Waals surface area contributed by atoms with Gasteiger partial charge in [0, 0.05) is 34.3 Å². The van der Waals surface area contributed by atoms with Crippen LogP contribution >= 0.6 is 22.6 Å². The molecule has 11 nitrogen and oxygen atoms in total. The maximum absolute atomic E-state index is 13.7. The molecule has 3 aromatic rings. The van der Waals surface area contributed by atoms with Gasteiger partial charge in [-0.3, -0.25) is 0 Å². The van der Waals surface area contributed by atoms with Gasteiger partial charge in [-0.2, -0.15) is 4.31 Å². The summed E-state index contributed by atoms with van der Waals surface area (Å²) in [6, 6.07) is 13.6. The molecule has 5 rings (SSSR count). The summed E-state index contributed by atoms with van der Waals surface area (Å²) in [6.07, 6.45) is 0.597. The normalized spacial score (nSPS) is 19.3. The van der Waals surface area contributed by atoms with Gasteiger partial charge in [0.25, 0.3) is 0 Å². The van der Waals surface area contributed by atoms with Gasteiger partial charge >= 0.3 is 0 Å². The van der Waals surface area contributed by atoms with Gasteiger partial charge in [-0.1, -0.05) is 29.4 Å². The van der Waals surface area contributed by atoms with E-state index in [0.717, 1.165) is 9.13 Å². The lowest BCUT2D eigenvalue weighted by atomic mass is 10.1. The number of benzene rings is 2. The summed E-state index contributed by atoms with van der Waals surface area (Å²) in [5, 5.41) is 6.89. The summed E-state index contributed by atoms with van der Waals surface area (Å²) in [5.41, 5.74) is 10.7. The van der Waals surface area contributed by atoms with E-state index >= 15 is 0 Å². The predicted octanol–water partition coefficient (Wildman–Crippen LogP) is 4.17. The Kier molecular flexibility index (Phi) is 6.51. The number of hydrogen-bond acceptors (Lipinski definition) is 8. The van der Waals surface area contributed by atoms with Gasteiger partial charge in [-0.05, 0) is 58.0 Å². The van der Waals surface area contributed by atoms with E-state index in [9.17, 15) is 8.42 Å². The number of nitrogens with one attached hydrogen (secondary N) is 1. The van der Waals surface area contributed by atoms with E-state index in [-0.39, 0.29) is 17.5 Å². The second-order valence-corrected chi connectivity index (χ2v) is 11.3. The number of rotatable bonds is 6. The number of anilines is 2. The van der Waals surface area contributed by atoms with Crippen molar-refractivity contribution in [1.82, 2.24) is 14.3 Å². The fourth-order valence-corrected chi connectivity index (χ4v) is 6.32. The molecule has 2 atom stereocenters. The maximum Gasteiger partial charge on any atom is 0.245 e. The fraction of sp³-hybridized carbons (Fsp3) is 0.273. The first-order valence-corrected chi connectivity index (χ1v) is 13.2.